The fraction of sp³-hybridized carbons (Fsp3) is 0.368. The Morgan fingerprint density at radius 2 is 2.04 bits per heavy atom. The predicted molar refractivity (Wildman–Crippen MR) is 106 cm³/mol. The van der Waals surface area contributed by atoms with Crippen molar-refractivity contribution in [2.45, 2.75) is 19.4 Å². The Morgan fingerprint density at radius 3 is 2.75 bits per heavy atom. The van der Waals surface area contributed by atoms with E-state index in [4.69, 9.17) is 0 Å². The van der Waals surface area contributed by atoms with Gasteiger partial charge in [0.05, 0.1) is 24.5 Å². The first-order valence-electron chi connectivity index (χ1n) is 8.90. The largest absolute Gasteiger partial charge is 0.334 e. The summed E-state index contributed by atoms with van der Waals surface area (Å²) < 4.78 is 0. The molecule has 0 aromatic heterocycles. The molecule has 9 heteroatoms. The quantitative estimate of drug-likeness (QED) is 0.622. The van der Waals surface area contributed by atoms with Crippen molar-refractivity contribution in [1.82, 2.24) is 15.5 Å². The van der Waals surface area contributed by atoms with Crippen LogP contribution >= 0.6 is 0 Å². The number of nitrogens with zero attached hydrogens (tertiary/aromatic N) is 2. The zero-order valence-corrected chi connectivity index (χ0v) is 16.0. The van der Waals surface area contributed by atoms with Crippen LogP contribution in [0.4, 0.5) is 16.2 Å². The highest BCUT2D eigenvalue weighted by molar-refractivity contribution is 6.05. The van der Waals surface area contributed by atoms with Gasteiger partial charge >= 0.3 is 6.03 Å². The summed E-state index contributed by atoms with van der Waals surface area (Å²) in [7, 11) is 1.61. The lowest BCUT2D eigenvalue weighted by Gasteiger charge is -2.29. The normalized spacial score (nSPS) is 15.9. The Morgan fingerprint density at radius 1 is 1.32 bits per heavy atom. The molecule has 9 nitrogen and oxygen atoms in total. The van der Waals surface area contributed by atoms with Crippen LogP contribution in [-0.2, 0) is 14.4 Å². The molecule has 2 rings (SSSR count). The molecule has 150 valence electrons. The lowest BCUT2D eigenvalue weighted by molar-refractivity contribution is -0.122. The standard InChI is InChI=1S/C19H25N5O4/c1-4-9-20-19(28)22-17(26)11-23(3)12-18(27)24-13(2)10-16(25)21-14-7-5-6-8-15(14)24/h4-8,13H,1,9-12H2,2-3H3,(H,21,25)(H2,20,22,26,28)/t13-/m1/s1. The molecular weight excluding hydrogens is 362 g/mol. The van der Waals surface area contributed by atoms with Crippen LogP contribution in [0, 0.1) is 0 Å². The maximum Gasteiger partial charge on any atom is 0.321 e. The highest BCUT2D eigenvalue weighted by atomic mass is 16.2. The number of urea groups is 1. The lowest BCUT2D eigenvalue weighted by atomic mass is 10.1. The zero-order valence-electron chi connectivity index (χ0n) is 16.0. The number of nitrogens with one attached hydrogen (secondary N) is 3. The third-order valence-electron chi connectivity index (χ3n) is 4.11. The van der Waals surface area contributed by atoms with Crippen molar-refractivity contribution in [3.05, 3.63) is 36.9 Å². The third-order valence-corrected chi connectivity index (χ3v) is 4.11. The van der Waals surface area contributed by atoms with Crippen LogP contribution in [0.3, 0.4) is 0 Å². The van der Waals surface area contributed by atoms with Gasteiger partial charge in [-0.1, -0.05) is 18.2 Å². The van der Waals surface area contributed by atoms with Crippen LogP contribution < -0.4 is 20.9 Å². The van der Waals surface area contributed by atoms with Gasteiger partial charge in [-0.2, -0.15) is 0 Å². The second-order valence-electron chi connectivity index (χ2n) is 6.60. The molecule has 0 spiro atoms. The molecule has 0 aliphatic carbocycles. The molecule has 1 aliphatic rings. The molecule has 1 aromatic carbocycles. The van der Waals surface area contributed by atoms with Crippen molar-refractivity contribution in [3.63, 3.8) is 0 Å². The van der Waals surface area contributed by atoms with E-state index in [0.717, 1.165) is 0 Å². The summed E-state index contributed by atoms with van der Waals surface area (Å²) in [5.74, 6) is -0.936. The maximum absolute atomic E-state index is 12.9. The van der Waals surface area contributed by atoms with Crippen LogP contribution in [-0.4, -0.2) is 61.4 Å². The SMILES string of the molecule is C=CCNC(=O)NC(=O)CN(C)CC(=O)N1c2ccccc2NC(=O)C[C@H]1C. The minimum absolute atomic E-state index is 0.0471. The summed E-state index contributed by atoms with van der Waals surface area (Å²) in [6.45, 7) is 5.33. The molecule has 0 fully saturated rings. The number of carbonyl (C=O) groups excluding carboxylic acids is 4. The van der Waals surface area contributed by atoms with Crippen LogP contribution in [0.5, 0.6) is 0 Å². The number of rotatable bonds is 6. The van der Waals surface area contributed by atoms with E-state index in [0.29, 0.717) is 11.4 Å². The molecule has 1 atom stereocenters. The Hall–Kier alpha value is -3.20. The van der Waals surface area contributed by atoms with Gasteiger partial charge in [-0.05, 0) is 26.1 Å². The molecule has 3 N–H and O–H groups in total. The van der Waals surface area contributed by atoms with E-state index in [1.807, 2.05) is 0 Å². The first kappa shape index (κ1) is 21.1. The molecule has 0 unspecified atom stereocenters. The molecular formula is C19H25N5O4. The smallest absolute Gasteiger partial charge is 0.321 e. The Bertz CT molecular complexity index is 779. The highest BCUT2D eigenvalue weighted by Gasteiger charge is 2.30. The van der Waals surface area contributed by atoms with Crippen molar-refractivity contribution in [3.8, 4) is 0 Å². The molecule has 0 saturated carbocycles. The van der Waals surface area contributed by atoms with E-state index in [2.05, 4.69) is 22.5 Å². The number of hydrogen-bond acceptors (Lipinski definition) is 5. The van der Waals surface area contributed by atoms with Gasteiger partial charge in [0.1, 0.15) is 0 Å². The van der Waals surface area contributed by atoms with E-state index in [1.54, 1.807) is 43.1 Å². The molecule has 1 aliphatic heterocycles. The van der Waals surface area contributed by atoms with Crippen molar-refractivity contribution < 1.29 is 19.2 Å². The minimum Gasteiger partial charge on any atom is -0.334 e. The van der Waals surface area contributed by atoms with Crippen LogP contribution in [0.15, 0.2) is 36.9 Å². The van der Waals surface area contributed by atoms with Crippen LogP contribution in [0.1, 0.15) is 13.3 Å². The summed E-state index contributed by atoms with van der Waals surface area (Å²) in [5.41, 5.74) is 1.19. The van der Waals surface area contributed by atoms with Crippen LogP contribution in [0.2, 0.25) is 0 Å². The third kappa shape index (κ3) is 5.65. The van der Waals surface area contributed by atoms with Gasteiger partial charge in [-0.15, -0.1) is 6.58 Å². The van der Waals surface area contributed by atoms with Gasteiger partial charge in [-0.25, -0.2) is 4.79 Å². The van der Waals surface area contributed by atoms with E-state index < -0.39 is 11.9 Å². The summed E-state index contributed by atoms with van der Waals surface area (Å²) in [4.78, 5) is 51.4. The number of carbonyl (C=O) groups is 4. The molecule has 1 aromatic rings. The number of likely N-dealkylation sites (N-methyl/N-ethyl adjacent to an activating group) is 1. The van der Waals surface area contributed by atoms with Gasteiger partial charge in [0, 0.05) is 19.0 Å². The van der Waals surface area contributed by atoms with Crippen molar-refractivity contribution in [2.75, 3.05) is 36.9 Å². The van der Waals surface area contributed by atoms with Crippen LogP contribution in [0.25, 0.3) is 0 Å². The molecule has 5 amide bonds. The number of amides is 5. The van der Waals surface area contributed by atoms with E-state index in [1.165, 1.54) is 11.0 Å². The fourth-order valence-corrected chi connectivity index (χ4v) is 2.95. The molecule has 0 saturated heterocycles. The second kappa shape index (κ2) is 9.65. The summed E-state index contributed by atoms with van der Waals surface area (Å²) in [5, 5.41) is 7.42. The Labute approximate surface area is 163 Å². The number of fused-ring (bicyclic) bond motifs is 1. The van der Waals surface area contributed by atoms with Gasteiger partial charge in [-0.3, -0.25) is 24.6 Å². The average molecular weight is 387 g/mol. The molecule has 28 heavy (non-hydrogen) atoms. The summed E-state index contributed by atoms with van der Waals surface area (Å²) >= 11 is 0. The minimum atomic E-state index is -0.621. The molecule has 0 bridgehead atoms. The summed E-state index contributed by atoms with van der Waals surface area (Å²) in [6.07, 6.45) is 1.67. The Balaban J connectivity index is 2.01. The van der Waals surface area contributed by atoms with Crippen molar-refractivity contribution >= 4 is 35.1 Å². The maximum atomic E-state index is 12.9. The molecule has 0 radical (unpaired) electrons. The first-order valence-corrected chi connectivity index (χ1v) is 8.90. The number of hydrogen-bond donors (Lipinski definition) is 3. The van der Waals surface area contributed by atoms with E-state index >= 15 is 0 Å². The van der Waals surface area contributed by atoms with Crippen molar-refractivity contribution in [2.24, 2.45) is 0 Å². The fourth-order valence-electron chi connectivity index (χ4n) is 2.95. The van der Waals surface area contributed by atoms with Gasteiger partial charge in [0.25, 0.3) is 0 Å². The first-order chi connectivity index (χ1) is 13.3. The zero-order chi connectivity index (χ0) is 20.7. The monoisotopic (exact) mass is 387 g/mol. The number of para-hydroxylation sites is 2. The van der Waals surface area contributed by atoms with E-state index in [-0.39, 0.29) is 43.9 Å². The van der Waals surface area contributed by atoms with Gasteiger partial charge in [0.2, 0.25) is 17.7 Å². The molecule has 1 heterocycles. The second-order valence-corrected chi connectivity index (χ2v) is 6.60. The average Bonchev–Trinajstić information content (AvgIpc) is 2.73. The number of benzene rings is 1. The van der Waals surface area contributed by atoms with Gasteiger partial charge in [0.15, 0.2) is 0 Å². The van der Waals surface area contributed by atoms with Gasteiger partial charge < -0.3 is 15.5 Å². The predicted octanol–water partition coefficient (Wildman–Crippen LogP) is 0.694. The Kier molecular flexibility index (Phi) is 7.28. The summed E-state index contributed by atoms with van der Waals surface area (Å²) in [6, 6.07) is 6.14. The highest BCUT2D eigenvalue weighted by Crippen LogP contribution is 2.31. The number of imide groups is 1. The van der Waals surface area contributed by atoms with E-state index in [9.17, 15) is 19.2 Å². The van der Waals surface area contributed by atoms with Crippen molar-refractivity contribution in [1.29, 1.82) is 0 Å². The lowest BCUT2D eigenvalue weighted by Crippen LogP contribution is -2.48. The number of anilines is 2. The topological polar surface area (TPSA) is 111 Å².